The van der Waals surface area contributed by atoms with Crippen molar-refractivity contribution in [3.05, 3.63) is 29.3 Å². The molecule has 0 aromatic heterocycles. The molecule has 4 nitrogen and oxygen atoms in total. The van der Waals surface area contributed by atoms with E-state index >= 15 is 0 Å². The molecule has 0 radical (unpaired) electrons. The second-order valence-electron chi connectivity index (χ2n) is 4.10. The van der Waals surface area contributed by atoms with Crippen molar-refractivity contribution < 1.29 is 8.42 Å². The van der Waals surface area contributed by atoms with Crippen LogP contribution in [0.1, 0.15) is 12.8 Å². The number of rotatable bonds is 3. The Bertz CT molecular complexity index is 508. The van der Waals surface area contributed by atoms with Crippen molar-refractivity contribution in [3.63, 3.8) is 0 Å². The van der Waals surface area contributed by atoms with Crippen LogP contribution in [0, 0.1) is 0 Å². The Labute approximate surface area is 119 Å². The third-order valence-electron chi connectivity index (χ3n) is 3.00. The zero-order valence-corrected chi connectivity index (χ0v) is 12.1. The van der Waals surface area contributed by atoms with E-state index in [2.05, 4.69) is 0 Å². The number of nitrogens with two attached hydrogens (primary N) is 1. The summed E-state index contributed by atoms with van der Waals surface area (Å²) in [6, 6.07) is 6.25. The van der Waals surface area contributed by atoms with E-state index in [1.165, 1.54) is 10.4 Å². The molecule has 0 spiro atoms. The summed E-state index contributed by atoms with van der Waals surface area (Å²) in [6.07, 6.45) is 1.69. The number of nitrogens with zero attached hydrogens (tertiary/aromatic N) is 1. The zero-order valence-electron chi connectivity index (χ0n) is 9.75. The first-order valence-electron chi connectivity index (χ1n) is 5.53. The lowest BCUT2D eigenvalue weighted by Crippen LogP contribution is -2.39. The van der Waals surface area contributed by atoms with E-state index in [-0.39, 0.29) is 23.3 Å². The molecule has 1 atom stereocenters. The van der Waals surface area contributed by atoms with Crippen LogP contribution in [0.5, 0.6) is 0 Å². The first kappa shape index (κ1) is 15.7. The summed E-state index contributed by atoms with van der Waals surface area (Å²) in [6.45, 7) is 0.899. The molecule has 0 aliphatic carbocycles. The molecule has 1 saturated heterocycles. The van der Waals surface area contributed by atoms with Gasteiger partial charge >= 0.3 is 0 Å². The van der Waals surface area contributed by atoms with Gasteiger partial charge in [0.15, 0.2) is 0 Å². The summed E-state index contributed by atoms with van der Waals surface area (Å²) in [4.78, 5) is 0.241. The average Bonchev–Trinajstić information content (AvgIpc) is 2.77. The van der Waals surface area contributed by atoms with E-state index in [4.69, 9.17) is 17.3 Å². The van der Waals surface area contributed by atoms with Crippen molar-refractivity contribution in [2.24, 2.45) is 5.73 Å². The third-order valence-corrected chi connectivity index (χ3v) is 5.18. The molecule has 1 heterocycles. The van der Waals surface area contributed by atoms with E-state index in [9.17, 15) is 8.42 Å². The lowest BCUT2D eigenvalue weighted by Gasteiger charge is -2.22. The van der Waals surface area contributed by atoms with Crippen LogP contribution in [0.25, 0.3) is 0 Å². The van der Waals surface area contributed by atoms with Gasteiger partial charge in [-0.15, -0.1) is 12.4 Å². The maximum absolute atomic E-state index is 12.4. The maximum atomic E-state index is 12.4. The number of hydrogen-bond donors (Lipinski definition) is 1. The molecule has 7 heteroatoms. The standard InChI is InChI=1S/C11H15ClN2O2S.ClH/c12-9-3-1-5-11(7-9)17(15,16)14-6-2-4-10(14)8-13;/h1,3,5,7,10H,2,4,6,8,13H2;1H. The molecule has 102 valence electrons. The summed E-state index contributed by atoms with van der Waals surface area (Å²) >= 11 is 5.82. The van der Waals surface area contributed by atoms with Gasteiger partial charge in [0.2, 0.25) is 10.0 Å². The van der Waals surface area contributed by atoms with Crippen LogP contribution in [-0.2, 0) is 10.0 Å². The highest BCUT2D eigenvalue weighted by Crippen LogP contribution is 2.26. The third kappa shape index (κ3) is 2.97. The van der Waals surface area contributed by atoms with Crippen molar-refractivity contribution >= 4 is 34.0 Å². The van der Waals surface area contributed by atoms with Gasteiger partial charge in [-0.05, 0) is 31.0 Å². The Morgan fingerprint density at radius 1 is 1.44 bits per heavy atom. The molecule has 0 bridgehead atoms. The van der Waals surface area contributed by atoms with Crippen LogP contribution in [0.3, 0.4) is 0 Å². The average molecular weight is 311 g/mol. The van der Waals surface area contributed by atoms with Crippen LogP contribution in [-0.4, -0.2) is 31.9 Å². The fourth-order valence-corrected chi connectivity index (χ4v) is 4.13. The number of benzene rings is 1. The molecular formula is C11H16Cl2N2O2S. The van der Waals surface area contributed by atoms with E-state index in [0.717, 1.165) is 12.8 Å². The molecule has 1 aliphatic rings. The van der Waals surface area contributed by atoms with E-state index in [1.807, 2.05) is 0 Å². The molecule has 1 aliphatic heterocycles. The summed E-state index contributed by atoms with van der Waals surface area (Å²) in [5, 5.41) is 0.426. The Morgan fingerprint density at radius 2 is 2.17 bits per heavy atom. The zero-order chi connectivity index (χ0) is 12.5. The summed E-state index contributed by atoms with van der Waals surface area (Å²) < 4.78 is 26.2. The van der Waals surface area contributed by atoms with Gasteiger partial charge < -0.3 is 5.73 Å². The molecular weight excluding hydrogens is 295 g/mol. The summed E-state index contributed by atoms with van der Waals surface area (Å²) in [5.74, 6) is 0. The second kappa shape index (κ2) is 6.21. The van der Waals surface area contributed by atoms with Crippen LogP contribution in [0.4, 0.5) is 0 Å². The van der Waals surface area contributed by atoms with Gasteiger partial charge in [-0.1, -0.05) is 17.7 Å². The SMILES string of the molecule is Cl.NCC1CCCN1S(=O)(=O)c1cccc(Cl)c1. The Hall–Kier alpha value is -0.330. The molecule has 1 aromatic carbocycles. The van der Waals surface area contributed by atoms with Crippen LogP contribution in [0.15, 0.2) is 29.2 Å². The largest absolute Gasteiger partial charge is 0.329 e. The van der Waals surface area contributed by atoms with Crippen molar-refractivity contribution in [2.45, 2.75) is 23.8 Å². The van der Waals surface area contributed by atoms with Crippen LogP contribution in [0.2, 0.25) is 5.02 Å². The molecule has 2 N–H and O–H groups in total. The highest BCUT2D eigenvalue weighted by molar-refractivity contribution is 7.89. The predicted octanol–water partition coefficient (Wildman–Crippen LogP) is 1.87. The minimum Gasteiger partial charge on any atom is -0.329 e. The normalized spacial score (nSPS) is 20.7. The highest BCUT2D eigenvalue weighted by Gasteiger charge is 2.34. The van der Waals surface area contributed by atoms with Crippen molar-refractivity contribution in [2.75, 3.05) is 13.1 Å². The van der Waals surface area contributed by atoms with Gasteiger partial charge in [0.1, 0.15) is 0 Å². The van der Waals surface area contributed by atoms with E-state index < -0.39 is 10.0 Å². The Morgan fingerprint density at radius 3 is 2.78 bits per heavy atom. The molecule has 1 aromatic rings. The van der Waals surface area contributed by atoms with Gasteiger partial charge in [0.05, 0.1) is 4.90 Å². The summed E-state index contributed by atoms with van der Waals surface area (Å²) in [5.41, 5.74) is 5.60. The van der Waals surface area contributed by atoms with Crippen LogP contribution >= 0.6 is 24.0 Å². The van der Waals surface area contributed by atoms with Gasteiger partial charge in [-0.3, -0.25) is 0 Å². The number of hydrogen-bond acceptors (Lipinski definition) is 3. The van der Waals surface area contributed by atoms with Crippen molar-refractivity contribution in [1.82, 2.24) is 4.31 Å². The van der Waals surface area contributed by atoms with Gasteiger partial charge in [0, 0.05) is 24.2 Å². The van der Waals surface area contributed by atoms with Gasteiger partial charge in [-0.25, -0.2) is 8.42 Å². The first-order valence-corrected chi connectivity index (χ1v) is 7.35. The smallest absolute Gasteiger partial charge is 0.243 e. The maximum Gasteiger partial charge on any atom is 0.243 e. The second-order valence-corrected chi connectivity index (χ2v) is 6.43. The first-order chi connectivity index (χ1) is 8.05. The topological polar surface area (TPSA) is 63.4 Å². The lowest BCUT2D eigenvalue weighted by atomic mass is 10.2. The quantitative estimate of drug-likeness (QED) is 0.927. The Balaban J connectivity index is 0.00000162. The minimum atomic E-state index is -3.45. The van der Waals surface area contributed by atoms with Gasteiger partial charge in [-0.2, -0.15) is 4.31 Å². The molecule has 1 fully saturated rings. The molecule has 2 rings (SSSR count). The molecule has 0 saturated carbocycles. The highest BCUT2D eigenvalue weighted by atomic mass is 35.5. The molecule has 18 heavy (non-hydrogen) atoms. The fourth-order valence-electron chi connectivity index (χ4n) is 2.12. The monoisotopic (exact) mass is 310 g/mol. The molecule has 0 amide bonds. The van der Waals surface area contributed by atoms with E-state index in [0.29, 0.717) is 18.1 Å². The Kier molecular flexibility index (Phi) is 5.43. The summed E-state index contributed by atoms with van der Waals surface area (Å²) in [7, 11) is -3.45. The number of sulfonamides is 1. The van der Waals surface area contributed by atoms with Crippen LogP contribution < -0.4 is 5.73 Å². The fraction of sp³-hybridized carbons (Fsp3) is 0.455. The lowest BCUT2D eigenvalue weighted by molar-refractivity contribution is 0.393. The van der Waals surface area contributed by atoms with Crippen molar-refractivity contribution in [1.29, 1.82) is 0 Å². The number of halogens is 2. The van der Waals surface area contributed by atoms with E-state index in [1.54, 1.807) is 18.2 Å². The molecule has 1 unspecified atom stereocenters. The minimum absolute atomic E-state index is 0. The van der Waals surface area contributed by atoms with Gasteiger partial charge in [0.25, 0.3) is 0 Å². The van der Waals surface area contributed by atoms with Crippen molar-refractivity contribution in [3.8, 4) is 0 Å². The predicted molar refractivity (Wildman–Crippen MR) is 74.7 cm³/mol.